The average molecular weight is 281 g/mol. The van der Waals surface area contributed by atoms with Gasteiger partial charge in [-0.15, -0.1) is 16.4 Å². The predicted molar refractivity (Wildman–Crippen MR) is 70.9 cm³/mol. The Morgan fingerprint density at radius 3 is 3.11 bits per heavy atom. The number of nitrogens with zero attached hydrogens (tertiary/aromatic N) is 4. The molecule has 0 saturated carbocycles. The molecule has 0 saturated heterocycles. The number of rotatable bonds is 6. The highest BCUT2D eigenvalue weighted by atomic mass is 32.1. The fourth-order valence-corrected chi connectivity index (χ4v) is 2.29. The Morgan fingerprint density at radius 1 is 1.53 bits per heavy atom. The van der Waals surface area contributed by atoms with Crippen molar-refractivity contribution in [3.8, 4) is 0 Å². The van der Waals surface area contributed by atoms with Crippen molar-refractivity contribution in [3.63, 3.8) is 0 Å². The standard InChI is InChI=1S/C11H15N5O2S/c1-8(18)12-11-13-10(7-19-11)6-16-5-9(14-15-16)3-2-4-17/h5,7,17H,2-4,6H2,1H3,(H,12,13,18). The van der Waals surface area contributed by atoms with Crippen LogP contribution in [0.3, 0.4) is 0 Å². The van der Waals surface area contributed by atoms with Gasteiger partial charge in [0, 0.05) is 25.1 Å². The molecule has 0 unspecified atom stereocenters. The van der Waals surface area contributed by atoms with Gasteiger partial charge in [0.25, 0.3) is 0 Å². The predicted octanol–water partition coefficient (Wildman–Crippen LogP) is 0.666. The van der Waals surface area contributed by atoms with Crippen LogP contribution in [-0.4, -0.2) is 37.6 Å². The fraction of sp³-hybridized carbons (Fsp3) is 0.455. The summed E-state index contributed by atoms with van der Waals surface area (Å²) in [5.74, 6) is -0.132. The first kappa shape index (κ1) is 13.6. The quantitative estimate of drug-likeness (QED) is 0.811. The second kappa shape index (κ2) is 6.39. The third kappa shape index (κ3) is 4.11. The summed E-state index contributed by atoms with van der Waals surface area (Å²) in [4.78, 5) is 15.2. The number of aryl methyl sites for hydroxylation is 1. The van der Waals surface area contributed by atoms with E-state index >= 15 is 0 Å². The number of carbonyl (C=O) groups excluding carboxylic acids is 1. The molecule has 0 aliphatic rings. The number of hydrogen-bond donors (Lipinski definition) is 2. The van der Waals surface area contributed by atoms with Gasteiger partial charge in [0.1, 0.15) is 0 Å². The zero-order valence-electron chi connectivity index (χ0n) is 10.5. The van der Waals surface area contributed by atoms with Crippen molar-refractivity contribution in [2.45, 2.75) is 26.3 Å². The van der Waals surface area contributed by atoms with Gasteiger partial charge in [0.15, 0.2) is 5.13 Å². The first-order valence-corrected chi connectivity index (χ1v) is 6.77. The van der Waals surface area contributed by atoms with E-state index in [0.717, 1.165) is 11.4 Å². The molecule has 0 fully saturated rings. The Kier molecular flexibility index (Phi) is 4.58. The minimum atomic E-state index is -0.132. The SMILES string of the molecule is CC(=O)Nc1nc(Cn2cc(CCCO)nn2)cs1. The molecule has 19 heavy (non-hydrogen) atoms. The van der Waals surface area contributed by atoms with Crippen molar-refractivity contribution in [1.82, 2.24) is 20.0 Å². The molecule has 0 aliphatic heterocycles. The van der Waals surface area contributed by atoms with E-state index in [-0.39, 0.29) is 12.5 Å². The van der Waals surface area contributed by atoms with Gasteiger partial charge in [-0.05, 0) is 12.8 Å². The maximum absolute atomic E-state index is 10.9. The van der Waals surface area contributed by atoms with Gasteiger partial charge in [0.2, 0.25) is 5.91 Å². The van der Waals surface area contributed by atoms with E-state index in [1.54, 1.807) is 4.68 Å². The van der Waals surface area contributed by atoms with Crippen molar-refractivity contribution in [3.05, 3.63) is 23.0 Å². The maximum atomic E-state index is 10.9. The lowest BCUT2D eigenvalue weighted by molar-refractivity contribution is -0.114. The van der Waals surface area contributed by atoms with Gasteiger partial charge >= 0.3 is 0 Å². The smallest absolute Gasteiger partial charge is 0.223 e. The molecule has 8 heteroatoms. The molecule has 7 nitrogen and oxygen atoms in total. The fourth-order valence-electron chi connectivity index (χ4n) is 1.54. The van der Waals surface area contributed by atoms with Crippen LogP contribution < -0.4 is 5.32 Å². The topological polar surface area (TPSA) is 92.9 Å². The molecule has 0 aromatic carbocycles. The van der Waals surface area contributed by atoms with Crippen molar-refractivity contribution in [1.29, 1.82) is 0 Å². The average Bonchev–Trinajstić information content (AvgIpc) is 2.96. The highest BCUT2D eigenvalue weighted by molar-refractivity contribution is 7.13. The van der Waals surface area contributed by atoms with Crippen molar-refractivity contribution in [2.75, 3.05) is 11.9 Å². The van der Waals surface area contributed by atoms with E-state index in [0.29, 0.717) is 24.5 Å². The Bertz CT molecular complexity index is 551. The lowest BCUT2D eigenvalue weighted by Gasteiger charge is -1.96. The zero-order chi connectivity index (χ0) is 13.7. The first-order valence-electron chi connectivity index (χ1n) is 5.89. The van der Waals surface area contributed by atoms with Crippen LogP contribution in [0.2, 0.25) is 0 Å². The third-order valence-electron chi connectivity index (χ3n) is 2.34. The third-order valence-corrected chi connectivity index (χ3v) is 3.14. The summed E-state index contributed by atoms with van der Waals surface area (Å²) in [7, 11) is 0. The van der Waals surface area contributed by atoms with Gasteiger partial charge < -0.3 is 10.4 Å². The van der Waals surface area contributed by atoms with Crippen molar-refractivity contribution < 1.29 is 9.90 Å². The van der Waals surface area contributed by atoms with Crippen LogP contribution in [0.4, 0.5) is 5.13 Å². The second-order valence-corrected chi connectivity index (χ2v) is 4.92. The monoisotopic (exact) mass is 281 g/mol. The van der Waals surface area contributed by atoms with E-state index in [1.165, 1.54) is 18.3 Å². The highest BCUT2D eigenvalue weighted by Gasteiger charge is 2.06. The van der Waals surface area contributed by atoms with Gasteiger partial charge in [-0.1, -0.05) is 5.21 Å². The molecule has 1 amide bonds. The van der Waals surface area contributed by atoms with Crippen molar-refractivity contribution in [2.24, 2.45) is 0 Å². The normalized spacial score (nSPS) is 10.6. The molecule has 0 aliphatic carbocycles. The van der Waals surface area contributed by atoms with Crippen LogP contribution >= 0.6 is 11.3 Å². The largest absolute Gasteiger partial charge is 0.396 e. The minimum Gasteiger partial charge on any atom is -0.396 e. The van der Waals surface area contributed by atoms with Crippen LogP contribution in [-0.2, 0) is 17.8 Å². The molecule has 0 radical (unpaired) electrons. The zero-order valence-corrected chi connectivity index (χ0v) is 11.4. The highest BCUT2D eigenvalue weighted by Crippen LogP contribution is 2.15. The molecular formula is C11H15N5O2S. The van der Waals surface area contributed by atoms with Crippen molar-refractivity contribution >= 4 is 22.4 Å². The summed E-state index contributed by atoms with van der Waals surface area (Å²) in [6.45, 7) is 2.12. The molecule has 0 atom stereocenters. The number of anilines is 1. The Balaban J connectivity index is 1.94. The summed E-state index contributed by atoms with van der Waals surface area (Å²) in [5, 5.41) is 21.9. The molecule has 2 N–H and O–H groups in total. The summed E-state index contributed by atoms with van der Waals surface area (Å²) >= 11 is 1.38. The van der Waals surface area contributed by atoms with Gasteiger partial charge in [-0.3, -0.25) is 4.79 Å². The van der Waals surface area contributed by atoms with E-state index in [2.05, 4.69) is 20.6 Å². The number of aliphatic hydroxyl groups is 1. The summed E-state index contributed by atoms with van der Waals surface area (Å²) in [5.41, 5.74) is 1.68. The first-order chi connectivity index (χ1) is 9.17. The molecule has 2 heterocycles. The van der Waals surface area contributed by atoms with Gasteiger partial charge in [0.05, 0.1) is 17.9 Å². The van der Waals surface area contributed by atoms with E-state index in [1.807, 2.05) is 11.6 Å². The number of aromatic nitrogens is 4. The Labute approximate surface area is 114 Å². The molecule has 0 bridgehead atoms. The molecule has 102 valence electrons. The molecule has 2 rings (SSSR count). The van der Waals surface area contributed by atoms with Crippen LogP contribution in [0, 0.1) is 0 Å². The van der Waals surface area contributed by atoms with Gasteiger partial charge in [-0.25, -0.2) is 9.67 Å². The Morgan fingerprint density at radius 2 is 2.37 bits per heavy atom. The lowest BCUT2D eigenvalue weighted by atomic mass is 10.3. The van der Waals surface area contributed by atoms with E-state index in [9.17, 15) is 4.79 Å². The van der Waals surface area contributed by atoms with Gasteiger partial charge in [-0.2, -0.15) is 0 Å². The molecule has 2 aromatic rings. The van der Waals surface area contributed by atoms with Crippen LogP contribution in [0.1, 0.15) is 24.7 Å². The number of nitrogens with one attached hydrogen (secondary N) is 1. The molecule has 2 aromatic heterocycles. The van der Waals surface area contributed by atoms with E-state index < -0.39 is 0 Å². The summed E-state index contributed by atoms with van der Waals surface area (Å²) in [6, 6.07) is 0. The van der Waals surface area contributed by atoms with Crippen LogP contribution in [0.15, 0.2) is 11.6 Å². The number of carbonyl (C=O) groups is 1. The number of hydrogen-bond acceptors (Lipinski definition) is 6. The number of aliphatic hydroxyl groups excluding tert-OH is 1. The summed E-state index contributed by atoms with van der Waals surface area (Å²) in [6.07, 6.45) is 3.24. The summed E-state index contributed by atoms with van der Waals surface area (Å²) < 4.78 is 1.69. The number of thiazole rings is 1. The maximum Gasteiger partial charge on any atom is 0.223 e. The Hall–Kier alpha value is -1.80. The van der Waals surface area contributed by atoms with Crippen LogP contribution in [0.25, 0.3) is 0 Å². The van der Waals surface area contributed by atoms with E-state index in [4.69, 9.17) is 5.11 Å². The molecular weight excluding hydrogens is 266 g/mol. The molecule has 0 spiro atoms. The number of amides is 1. The second-order valence-electron chi connectivity index (χ2n) is 4.06. The minimum absolute atomic E-state index is 0.132. The van der Waals surface area contributed by atoms with Crippen LogP contribution in [0.5, 0.6) is 0 Å². The lowest BCUT2D eigenvalue weighted by Crippen LogP contribution is -2.06.